The maximum absolute atomic E-state index is 14.4. The monoisotopic (exact) mass is 789 g/mol. The number of amides is 2. The van der Waals surface area contributed by atoms with Crippen LogP contribution in [-0.4, -0.2) is 103 Å². The number of hydrogen-bond donors (Lipinski definition) is 4. The lowest BCUT2D eigenvalue weighted by atomic mass is 9.55. The average molecular weight is 790 g/mol. The number of ether oxygens (including phenoxy) is 4. The summed E-state index contributed by atoms with van der Waals surface area (Å²) in [4.78, 5) is 22.3. The van der Waals surface area contributed by atoms with Gasteiger partial charge in [0.25, 0.3) is 0 Å². The number of aliphatic hydroxyl groups excluding tert-OH is 3. The molecule has 5 rings (SSSR count). The minimum absolute atomic E-state index is 0.0929. The number of aliphatic hydroxyl groups is 3. The van der Waals surface area contributed by atoms with Gasteiger partial charge in [0.05, 0.1) is 38.1 Å². The highest BCUT2D eigenvalue weighted by Gasteiger charge is 2.65. The lowest BCUT2D eigenvalue weighted by molar-refractivity contribution is -0.254. The zero-order valence-electron chi connectivity index (χ0n) is 33.6. The Labute approximate surface area is 338 Å². The van der Waals surface area contributed by atoms with Crippen molar-refractivity contribution < 1.29 is 43.9 Å². The fourth-order valence-corrected chi connectivity index (χ4v) is 8.79. The highest BCUT2D eigenvalue weighted by Crippen LogP contribution is 2.62. The van der Waals surface area contributed by atoms with E-state index in [1.54, 1.807) is 12.2 Å². The van der Waals surface area contributed by atoms with E-state index in [9.17, 15) is 20.1 Å². The minimum Gasteiger partial charge on any atom is -0.490 e. The zero-order chi connectivity index (χ0) is 40.5. The number of oxime groups is 1. The van der Waals surface area contributed by atoms with Crippen LogP contribution in [0.15, 0.2) is 90.6 Å². The van der Waals surface area contributed by atoms with Crippen LogP contribution in [0.3, 0.4) is 0 Å². The molecule has 0 spiro atoms. The van der Waals surface area contributed by atoms with Crippen LogP contribution in [0.1, 0.15) is 75.3 Å². The molecule has 1 fully saturated rings. The van der Waals surface area contributed by atoms with Gasteiger partial charge in [0.1, 0.15) is 30.8 Å². The number of urea groups is 1. The Morgan fingerprint density at radius 2 is 1.77 bits per heavy atom. The molecular formula is C45H63N3O9. The maximum atomic E-state index is 14.4. The number of rotatable bonds is 25. The number of carbonyl (C=O) groups is 1. The summed E-state index contributed by atoms with van der Waals surface area (Å²) in [6.07, 6.45) is 11.5. The summed E-state index contributed by atoms with van der Waals surface area (Å²) in [5, 5.41) is 36.9. The summed E-state index contributed by atoms with van der Waals surface area (Å²) in [5.74, 6) is -0.386. The van der Waals surface area contributed by atoms with Gasteiger partial charge in [0.15, 0.2) is 0 Å². The fraction of sp³-hybridized carbons (Fsp3) is 0.556. The first kappa shape index (κ1) is 43.9. The van der Waals surface area contributed by atoms with E-state index in [1.165, 1.54) is 0 Å². The van der Waals surface area contributed by atoms with E-state index < -0.39 is 17.7 Å². The molecule has 12 nitrogen and oxygen atoms in total. The molecule has 1 saturated carbocycles. The van der Waals surface area contributed by atoms with Crippen molar-refractivity contribution in [1.82, 2.24) is 10.2 Å². The van der Waals surface area contributed by atoms with Gasteiger partial charge in [-0.25, -0.2) is 4.79 Å². The Hall–Kier alpha value is -4.20. The summed E-state index contributed by atoms with van der Waals surface area (Å²) in [6.45, 7) is 11.9. The third-order valence-corrected chi connectivity index (χ3v) is 11.1. The number of hydrogen-bond acceptors (Lipinski definition) is 10. The average Bonchev–Trinajstić information content (AvgIpc) is 3.23. The predicted octanol–water partition coefficient (Wildman–Crippen LogP) is 6.52. The normalized spacial score (nSPS) is 24.0. The van der Waals surface area contributed by atoms with Crippen molar-refractivity contribution in [2.75, 3.05) is 59.3 Å². The van der Waals surface area contributed by atoms with Crippen molar-refractivity contribution in [3.05, 3.63) is 96.6 Å². The summed E-state index contributed by atoms with van der Waals surface area (Å²) >= 11 is 0. The van der Waals surface area contributed by atoms with Crippen molar-refractivity contribution in [3.63, 3.8) is 0 Å². The van der Waals surface area contributed by atoms with Gasteiger partial charge in [-0.05, 0) is 73.3 Å². The van der Waals surface area contributed by atoms with E-state index in [2.05, 4.69) is 30.6 Å². The third-order valence-electron chi connectivity index (χ3n) is 11.1. The molecule has 0 aromatic heterocycles. The number of nitrogens with one attached hydrogen (secondary N) is 1. The van der Waals surface area contributed by atoms with Crippen LogP contribution < -0.4 is 14.8 Å². The number of nitrogens with zero attached hydrogens (tertiary/aromatic N) is 2. The van der Waals surface area contributed by atoms with Crippen LogP contribution in [-0.2, 0) is 20.9 Å². The summed E-state index contributed by atoms with van der Waals surface area (Å²) in [6, 6.07) is 14.9. The molecule has 6 unspecified atom stereocenters. The maximum Gasteiger partial charge on any atom is 0.317 e. The van der Waals surface area contributed by atoms with Gasteiger partial charge in [-0.15, -0.1) is 6.58 Å². The Morgan fingerprint density at radius 3 is 2.49 bits per heavy atom. The number of allylic oxidation sites excluding steroid dienone is 1. The first-order valence-corrected chi connectivity index (χ1v) is 20.7. The Morgan fingerprint density at radius 1 is 1.00 bits per heavy atom. The van der Waals surface area contributed by atoms with Crippen LogP contribution in [0.5, 0.6) is 11.5 Å². The van der Waals surface area contributed by atoms with Gasteiger partial charge < -0.3 is 49.3 Å². The van der Waals surface area contributed by atoms with Crippen molar-refractivity contribution in [2.45, 2.75) is 82.6 Å². The van der Waals surface area contributed by atoms with Crippen LogP contribution >= 0.6 is 0 Å². The molecular weight excluding hydrogens is 727 g/mol. The van der Waals surface area contributed by atoms with Crippen LogP contribution in [0.25, 0.3) is 0 Å². The van der Waals surface area contributed by atoms with Crippen molar-refractivity contribution in [1.29, 1.82) is 0 Å². The molecule has 0 radical (unpaired) electrons. The van der Waals surface area contributed by atoms with Crippen LogP contribution in [0.2, 0.25) is 0 Å². The second-order valence-electron chi connectivity index (χ2n) is 14.9. The molecule has 6 atom stereocenters. The second-order valence-corrected chi connectivity index (χ2v) is 14.9. The van der Waals surface area contributed by atoms with Crippen LogP contribution in [0, 0.1) is 17.8 Å². The van der Waals surface area contributed by atoms with E-state index in [1.807, 2.05) is 54.3 Å². The number of carbonyl (C=O) groups excluding carboxylic acids is 1. The Balaban J connectivity index is 1.72. The van der Waals surface area contributed by atoms with Crippen molar-refractivity contribution >= 4 is 11.7 Å². The highest BCUT2D eigenvalue weighted by molar-refractivity contribution is 6.03. The molecule has 1 aliphatic heterocycles. The van der Waals surface area contributed by atoms with Gasteiger partial charge in [-0.3, -0.25) is 0 Å². The molecule has 0 bridgehead atoms. The van der Waals surface area contributed by atoms with Gasteiger partial charge in [0, 0.05) is 44.2 Å². The standard InChI is InChI=1S/C45H63N3O9/c1-4-21-48(44(52)46-20-27-53-28-24-51)41-31-39(47-56-32-33-14-8-7-9-15-33)37-29-34(16-10-12-22-49)36(17-11-13-23-50)42-38-30-35(54-25-5-2)18-19-40(38)57-45(41,43(37)42)55-26-6-3/h5-9,14-15,18-19,29-30,34,36,41-43,49-51H,2-4,10-13,16-17,20-28,31-32H2,1H3,(H,46,52). The van der Waals surface area contributed by atoms with Gasteiger partial charge in [-0.1, -0.05) is 80.1 Å². The molecule has 2 aromatic rings. The summed E-state index contributed by atoms with van der Waals surface area (Å²) < 4.78 is 25.9. The number of fused-ring (bicyclic) bond motifs is 2. The highest BCUT2D eigenvalue weighted by atomic mass is 16.7. The molecule has 1 heterocycles. The van der Waals surface area contributed by atoms with E-state index >= 15 is 0 Å². The van der Waals surface area contributed by atoms with Gasteiger partial charge >= 0.3 is 6.03 Å². The predicted molar refractivity (Wildman–Crippen MR) is 220 cm³/mol. The first-order valence-electron chi connectivity index (χ1n) is 20.7. The van der Waals surface area contributed by atoms with Crippen LogP contribution in [0.4, 0.5) is 4.79 Å². The smallest absolute Gasteiger partial charge is 0.317 e. The first-order chi connectivity index (χ1) is 28.0. The minimum atomic E-state index is -1.36. The van der Waals surface area contributed by atoms with E-state index in [4.69, 9.17) is 28.9 Å². The lowest BCUT2D eigenvalue weighted by Gasteiger charge is -2.60. The molecule has 12 heteroatoms. The fourth-order valence-electron chi connectivity index (χ4n) is 8.79. The molecule has 0 saturated heterocycles. The quantitative estimate of drug-likeness (QED) is 0.0501. The Bertz CT molecular complexity index is 1630. The molecule has 2 aromatic carbocycles. The number of benzene rings is 2. The SMILES string of the molecule is C=CCOc1ccc2c(c1)C1C(CCCCO)C(CCCCO)C=C3C(=NOCc4ccccc4)CC(N(CCC)C(=O)NCCOCCO)C(OCC=C)(O2)C31. The molecule has 57 heavy (non-hydrogen) atoms. The topological polar surface area (TPSA) is 152 Å². The number of unbranched alkanes of at least 4 members (excludes halogenated alkanes) is 2. The molecule has 312 valence electrons. The molecule has 2 aliphatic carbocycles. The van der Waals surface area contributed by atoms with E-state index in [-0.39, 0.29) is 76.6 Å². The molecule has 3 aliphatic rings. The lowest BCUT2D eigenvalue weighted by Crippen LogP contribution is -2.70. The zero-order valence-corrected chi connectivity index (χ0v) is 33.6. The van der Waals surface area contributed by atoms with Gasteiger partial charge in [0.2, 0.25) is 5.79 Å². The molecule has 4 N–H and O–H groups in total. The van der Waals surface area contributed by atoms with E-state index in [0.29, 0.717) is 50.3 Å². The molecule has 2 amide bonds. The summed E-state index contributed by atoms with van der Waals surface area (Å²) in [5.41, 5.74) is 3.68. The van der Waals surface area contributed by atoms with Crippen molar-refractivity contribution in [3.8, 4) is 11.5 Å². The third kappa shape index (κ3) is 10.9. The van der Waals surface area contributed by atoms with Crippen molar-refractivity contribution in [2.24, 2.45) is 22.9 Å². The Kier molecular flexibility index (Phi) is 17.5. The largest absolute Gasteiger partial charge is 0.490 e. The van der Waals surface area contributed by atoms with E-state index in [0.717, 1.165) is 48.1 Å². The van der Waals surface area contributed by atoms with Gasteiger partial charge in [-0.2, -0.15) is 0 Å². The second kappa shape index (κ2) is 22.7. The summed E-state index contributed by atoms with van der Waals surface area (Å²) in [7, 11) is 0.